The van der Waals surface area contributed by atoms with Crippen molar-refractivity contribution in [3.63, 3.8) is 0 Å². The van der Waals surface area contributed by atoms with Crippen molar-refractivity contribution in [3.05, 3.63) is 71.4 Å². The topological polar surface area (TPSA) is 87.1 Å². The zero-order chi connectivity index (χ0) is 26.9. The fourth-order valence-corrected chi connectivity index (χ4v) is 4.86. The van der Waals surface area contributed by atoms with Gasteiger partial charge in [0.05, 0.1) is 5.69 Å². The Hall–Kier alpha value is -3.69. The minimum atomic E-state index is -0.294. The molecule has 2 heterocycles. The molecular weight excluding hydrogens is 494 g/mol. The zero-order valence-corrected chi connectivity index (χ0v) is 23.3. The van der Waals surface area contributed by atoms with Gasteiger partial charge in [-0.05, 0) is 39.6 Å². The first-order chi connectivity index (χ1) is 18.5. The van der Waals surface area contributed by atoms with E-state index in [0.29, 0.717) is 17.2 Å². The number of nitrogens with zero attached hydrogens (tertiary/aromatic N) is 6. The lowest BCUT2D eigenvalue weighted by molar-refractivity contribution is 0.102. The van der Waals surface area contributed by atoms with Crippen molar-refractivity contribution in [3.8, 4) is 22.0 Å². The molecule has 1 amide bonds. The maximum absolute atomic E-state index is 13.6. The van der Waals surface area contributed by atoms with Crippen molar-refractivity contribution in [2.24, 2.45) is 0 Å². The van der Waals surface area contributed by atoms with Crippen LogP contribution in [-0.4, -0.2) is 64.7 Å². The molecule has 0 radical (unpaired) electrons. The number of likely N-dealkylation sites (N-methyl/N-ethyl adjacent to an activating group) is 2. The van der Waals surface area contributed by atoms with Crippen molar-refractivity contribution in [1.29, 1.82) is 0 Å². The maximum Gasteiger partial charge on any atom is 0.274 e. The number of carbonyl (C=O) groups excluding carboxylic acids is 1. The van der Waals surface area contributed by atoms with Crippen molar-refractivity contribution in [1.82, 2.24) is 25.1 Å². The average Bonchev–Trinajstić information content (AvgIpc) is 3.41. The lowest BCUT2D eigenvalue weighted by Gasteiger charge is -2.24. The van der Waals surface area contributed by atoms with Crippen LogP contribution in [0.1, 0.15) is 42.2 Å². The highest BCUT2D eigenvalue weighted by Crippen LogP contribution is 2.31. The van der Waals surface area contributed by atoms with Crippen LogP contribution in [0.15, 0.2) is 60.7 Å². The summed E-state index contributed by atoms with van der Waals surface area (Å²) in [5, 5.41) is 13.6. The van der Waals surface area contributed by atoms with Gasteiger partial charge in [0.25, 0.3) is 5.91 Å². The minimum Gasteiger partial charge on any atom is -0.355 e. The monoisotopic (exact) mass is 529 g/mol. The number of aromatic nitrogens is 4. The van der Waals surface area contributed by atoms with E-state index in [4.69, 9.17) is 4.98 Å². The number of amides is 1. The third kappa shape index (κ3) is 6.99. The number of unbranched alkanes of at least 4 members (excludes halogenated alkanes) is 1. The summed E-state index contributed by atoms with van der Waals surface area (Å²) >= 11 is 1.57. The molecule has 0 spiro atoms. The molecule has 8 nitrogen and oxygen atoms in total. The average molecular weight is 530 g/mol. The Morgan fingerprint density at radius 3 is 2.45 bits per heavy atom. The predicted octanol–water partition coefficient (Wildman–Crippen LogP) is 5.64. The van der Waals surface area contributed by atoms with E-state index in [-0.39, 0.29) is 5.91 Å². The quantitative estimate of drug-likeness (QED) is 0.254. The second-order valence-corrected chi connectivity index (χ2v) is 10.4. The van der Waals surface area contributed by atoms with Gasteiger partial charge in [0, 0.05) is 43.2 Å². The Bertz CT molecular complexity index is 1340. The van der Waals surface area contributed by atoms with Crippen LogP contribution in [-0.2, 0) is 6.42 Å². The van der Waals surface area contributed by atoms with Gasteiger partial charge in [-0.1, -0.05) is 67.1 Å². The van der Waals surface area contributed by atoms with Crippen LogP contribution in [0.4, 0.5) is 11.5 Å². The van der Waals surface area contributed by atoms with Crippen LogP contribution in [0.5, 0.6) is 0 Å². The van der Waals surface area contributed by atoms with Gasteiger partial charge in [0.1, 0.15) is 21.5 Å². The molecule has 198 valence electrons. The fourth-order valence-electron chi connectivity index (χ4n) is 3.94. The highest BCUT2D eigenvalue weighted by molar-refractivity contribution is 7.14. The van der Waals surface area contributed by atoms with Gasteiger partial charge in [0.15, 0.2) is 5.82 Å². The summed E-state index contributed by atoms with van der Waals surface area (Å²) < 4.78 is 0. The van der Waals surface area contributed by atoms with E-state index < -0.39 is 0 Å². The standard InChI is InChI=1S/C29H35N7OS/c1-5-7-17-26-33-34-29(38-26)22-15-11-12-16-23(22)31-28(37)24-20-25(36(6-2)19-18-35(3)4)32-27(30-24)21-13-9-8-10-14-21/h8-16,20H,5-7,17-19H2,1-4H3,(H,31,37). The van der Waals surface area contributed by atoms with Crippen molar-refractivity contribution < 1.29 is 4.79 Å². The van der Waals surface area contributed by atoms with Gasteiger partial charge in [-0.15, -0.1) is 10.2 Å². The lowest BCUT2D eigenvalue weighted by atomic mass is 10.1. The normalized spacial score (nSPS) is 11.1. The number of hydrogen-bond donors (Lipinski definition) is 1. The number of para-hydroxylation sites is 1. The third-order valence-corrected chi connectivity index (χ3v) is 7.13. The minimum absolute atomic E-state index is 0.294. The Morgan fingerprint density at radius 2 is 1.71 bits per heavy atom. The van der Waals surface area contributed by atoms with Crippen LogP contribution in [0.2, 0.25) is 0 Å². The predicted molar refractivity (Wildman–Crippen MR) is 156 cm³/mol. The van der Waals surface area contributed by atoms with E-state index in [2.05, 4.69) is 44.1 Å². The molecule has 0 aliphatic heterocycles. The van der Waals surface area contributed by atoms with E-state index in [1.54, 1.807) is 17.4 Å². The molecule has 4 rings (SSSR count). The molecule has 38 heavy (non-hydrogen) atoms. The summed E-state index contributed by atoms with van der Waals surface area (Å²) in [4.78, 5) is 27.4. The Labute approximate surface area is 228 Å². The van der Waals surface area contributed by atoms with E-state index in [1.165, 1.54) is 0 Å². The summed E-state index contributed by atoms with van der Waals surface area (Å²) in [5.41, 5.74) is 2.70. The molecule has 0 aliphatic carbocycles. The van der Waals surface area contributed by atoms with Crippen molar-refractivity contribution in [2.75, 3.05) is 43.9 Å². The van der Waals surface area contributed by atoms with Crippen LogP contribution in [0.25, 0.3) is 22.0 Å². The molecule has 0 atom stereocenters. The van der Waals surface area contributed by atoms with Crippen LogP contribution in [0.3, 0.4) is 0 Å². The Kier molecular flexibility index (Phi) is 9.51. The van der Waals surface area contributed by atoms with Crippen LogP contribution < -0.4 is 10.2 Å². The first kappa shape index (κ1) is 27.3. The molecule has 2 aromatic carbocycles. The zero-order valence-electron chi connectivity index (χ0n) is 22.5. The van der Waals surface area contributed by atoms with Gasteiger partial charge in [-0.2, -0.15) is 0 Å². The number of anilines is 2. The molecule has 0 saturated carbocycles. The highest BCUT2D eigenvalue weighted by atomic mass is 32.1. The maximum atomic E-state index is 13.6. The van der Waals surface area contributed by atoms with E-state index in [0.717, 1.165) is 65.9 Å². The largest absolute Gasteiger partial charge is 0.355 e. The van der Waals surface area contributed by atoms with Crippen molar-refractivity contribution in [2.45, 2.75) is 33.1 Å². The van der Waals surface area contributed by atoms with Gasteiger partial charge < -0.3 is 15.1 Å². The van der Waals surface area contributed by atoms with E-state index in [1.807, 2.05) is 68.7 Å². The molecule has 0 unspecified atom stereocenters. The third-order valence-electron chi connectivity index (χ3n) is 6.12. The Morgan fingerprint density at radius 1 is 0.947 bits per heavy atom. The summed E-state index contributed by atoms with van der Waals surface area (Å²) in [6.45, 7) is 6.68. The second-order valence-electron chi connectivity index (χ2n) is 9.29. The lowest BCUT2D eigenvalue weighted by Crippen LogP contribution is -2.32. The van der Waals surface area contributed by atoms with Crippen molar-refractivity contribution >= 4 is 28.7 Å². The number of benzene rings is 2. The molecule has 2 aromatic heterocycles. The van der Waals surface area contributed by atoms with Gasteiger partial charge in [-0.25, -0.2) is 9.97 Å². The van der Waals surface area contributed by atoms with E-state index >= 15 is 0 Å². The number of aryl methyl sites for hydroxylation is 1. The van der Waals surface area contributed by atoms with E-state index in [9.17, 15) is 4.79 Å². The summed E-state index contributed by atoms with van der Waals surface area (Å²) in [7, 11) is 4.09. The Balaban J connectivity index is 1.66. The molecule has 1 N–H and O–H groups in total. The molecule has 0 saturated heterocycles. The summed E-state index contributed by atoms with van der Waals surface area (Å²) in [5.74, 6) is 0.957. The smallest absolute Gasteiger partial charge is 0.274 e. The number of hydrogen-bond acceptors (Lipinski definition) is 8. The summed E-state index contributed by atoms with van der Waals surface area (Å²) in [6.07, 6.45) is 3.10. The van der Waals surface area contributed by atoms with Gasteiger partial charge >= 0.3 is 0 Å². The molecule has 9 heteroatoms. The first-order valence-electron chi connectivity index (χ1n) is 13.1. The molecule has 4 aromatic rings. The number of carbonyl (C=O) groups is 1. The van der Waals surface area contributed by atoms with Gasteiger partial charge in [0.2, 0.25) is 0 Å². The van der Waals surface area contributed by atoms with Crippen LogP contribution in [0, 0.1) is 0 Å². The van der Waals surface area contributed by atoms with Gasteiger partial charge in [-0.3, -0.25) is 4.79 Å². The molecular formula is C29H35N7OS. The SMILES string of the molecule is CCCCc1nnc(-c2ccccc2NC(=O)c2cc(N(CC)CCN(C)C)nc(-c3ccccc3)n2)s1. The number of rotatable bonds is 12. The number of nitrogens with one attached hydrogen (secondary N) is 1. The highest BCUT2D eigenvalue weighted by Gasteiger charge is 2.19. The summed E-state index contributed by atoms with van der Waals surface area (Å²) in [6, 6.07) is 19.2. The molecule has 0 aliphatic rings. The molecule has 0 fully saturated rings. The fraction of sp³-hybridized carbons (Fsp3) is 0.345. The van der Waals surface area contributed by atoms with Crippen LogP contribution >= 0.6 is 11.3 Å². The second kappa shape index (κ2) is 13.2. The molecule has 0 bridgehead atoms. The first-order valence-corrected chi connectivity index (χ1v) is 13.9.